The van der Waals surface area contributed by atoms with Gasteiger partial charge in [-0.25, -0.2) is 15.0 Å². The highest BCUT2D eigenvalue weighted by Crippen LogP contribution is 2.34. The molecule has 156 valence electrons. The van der Waals surface area contributed by atoms with E-state index < -0.39 is 0 Å². The maximum absolute atomic E-state index is 13.6. The fourth-order valence-electron chi connectivity index (χ4n) is 3.80. The lowest BCUT2D eigenvalue weighted by Gasteiger charge is -2.33. The lowest BCUT2D eigenvalue weighted by atomic mass is 10.1. The van der Waals surface area contributed by atoms with Gasteiger partial charge in [-0.3, -0.25) is 9.69 Å². The molecule has 0 saturated heterocycles. The van der Waals surface area contributed by atoms with Crippen molar-refractivity contribution in [3.63, 3.8) is 0 Å². The molecular weight excluding hydrogens is 406 g/mol. The Labute approximate surface area is 185 Å². The molecule has 6 nitrogen and oxygen atoms in total. The van der Waals surface area contributed by atoms with E-state index in [0.717, 1.165) is 39.5 Å². The number of hydrogen-bond donors (Lipinski definition) is 0. The van der Waals surface area contributed by atoms with Crippen LogP contribution in [0.2, 0.25) is 0 Å². The van der Waals surface area contributed by atoms with Gasteiger partial charge in [0.1, 0.15) is 9.88 Å². The summed E-state index contributed by atoms with van der Waals surface area (Å²) in [5, 5.41) is 0.863. The lowest BCUT2D eigenvalue weighted by Crippen LogP contribution is -2.43. The Morgan fingerprint density at radius 3 is 2.32 bits per heavy atom. The quantitative estimate of drug-likeness (QED) is 0.472. The fraction of sp³-hybridized carbons (Fsp3) is 0.250. The van der Waals surface area contributed by atoms with E-state index in [-0.39, 0.29) is 5.91 Å². The molecule has 5 rings (SSSR count). The lowest BCUT2D eigenvalue weighted by molar-refractivity contribution is 0.0989. The first-order valence-electron chi connectivity index (χ1n) is 10.4. The largest absolute Gasteiger partial charge is 0.355 e. The highest BCUT2D eigenvalue weighted by molar-refractivity contribution is 7.17. The van der Waals surface area contributed by atoms with Gasteiger partial charge in [0.25, 0.3) is 5.91 Å². The molecule has 0 fully saturated rings. The zero-order valence-electron chi connectivity index (χ0n) is 17.8. The number of thiazole rings is 1. The molecule has 0 unspecified atom stereocenters. The second kappa shape index (κ2) is 7.74. The molecule has 0 bridgehead atoms. The number of aromatic nitrogens is 3. The molecule has 1 aliphatic rings. The molecule has 4 aromatic rings. The van der Waals surface area contributed by atoms with Crippen LogP contribution in [0.1, 0.15) is 27.9 Å². The molecule has 2 aromatic carbocycles. The van der Waals surface area contributed by atoms with E-state index in [1.54, 1.807) is 4.90 Å². The van der Waals surface area contributed by atoms with E-state index >= 15 is 0 Å². The number of nitrogens with zero attached hydrogens (tertiary/aromatic N) is 5. The summed E-state index contributed by atoms with van der Waals surface area (Å²) in [7, 11) is 1.99. The second-order valence-corrected chi connectivity index (χ2v) is 8.72. The van der Waals surface area contributed by atoms with Gasteiger partial charge in [0.2, 0.25) is 0 Å². The van der Waals surface area contributed by atoms with Crippen LogP contribution in [0.3, 0.4) is 0 Å². The molecule has 1 amide bonds. The first-order valence-corrected chi connectivity index (χ1v) is 11.2. The summed E-state index contributed by atoms with van der Waals surface area (Å²) in [6, 6.07) is 16.1. The molecule has 7 heteroatoms. The first-order chi connectivity index (χ1) is 15.0. The summed E-state index contributed by atoms with van der Waals surface area (Å²) in [6.07, 6.45) is 0.999. The molecule has 0 atom stereocenters. The SMILES string of the molecule is CCc1ccc(-c2nc(C)c(C(=O)N3CCN(C)c4nc5ccccc5nc43)s2)cc1. The van der Waals surface area contributed by atoms with Crippen LogP contribution in [0.25, 0.3) is 21.6 Å². The molecule has 1 aliphatic heterocycles. The van der Waals surface area contributed by atoms with Gasteiger partial charge >= 0.3 is 0 Å². The number of hydrogen-bond acceptors (Lipinski definition) is 6. The zero-order chi connectivity index (χ0) is 21.5. The summed E-state index contributed by atoms with van der Waals surface area (Å²) in [6.45, 7) is 5.30. The summed E-state index contributed by atoms with van der Waals surface area (Å²) >= 11 is 1.44. The topological polar surface area (TPSA) is 62.2 Å². The number of amides is 1. The Balaban J connectivity index is 1.53. The number of carbonyl (C=O) groups is 1. The van der Waals surface area contributed by atoms with Crippen molar-refractivity contribution in [1.82, 2.24) is 15.0 Å². The van der Waals surface area contributed by atoms with Crippen LogP contribution in [0.15, 0.2) is 48.5 Å². The summed E-state index contributed by atoms with van der Waals surface area (Å²) in [4.78, 5) is 32.3. The average molecular weight is 430 g/mol. The van der Waals surface area contributed by atoms with Gasteiger partial charge in [0.05, 0.1) is 16.7 Å². The minimum atomic E-state index is -0.0645. The van der Waals surface area contributed by atoms with Gasteiger partial charge in [-0.15, -0.1) is 11.3 Å². The van der Waals surface area contributed by atoms with Crippen LogP contribution < -0.4 is 9.80 Å². The predicted molar refractivity (Wildman–Crippen MR) is 126 cm³/mol. The number of fused-ring (bicyclic) bond motifs is 2. The number of carbonyl (C=O) groups excluding carboxylic acids is 1. The fourth-order valence-corrected chi connectivity index (χ4v) is 4.82. The monoisotopic (exact) mass is 429 g/mol. The molecule has 0 spiro atoms. The normalized spacial score (nSPS) is 13.5. The smallest absolute Gasteiger partial charge is 0.271 e. The van der Waals surface area contributed by atoms with Crippen molar-refractivity contribution in [2.45, 2.75) is 20.3 Å². The van der Waals surface area contributed by atoms with E-state index in [2.05, 4.69) is 36.1 Å². The van der Waals surface area contributed by atoms with Crippen molar-refractivity contribution < 1.29 is 4.79 Å². The number of rotatable bonds is 3. The number of benzene rings is 2. The Kier molecular flexibility index (Phi) is 4.90. The Bertz CT molecular complexity index is 1280. The average Bonchev–Trinajstić information content (AvgIpc) is 3.19. The molecular formula is C24H23N5OS. The highest BCUT2D eigenvalue weighted by atomic mass is 32.1. The summed E-state index contributed by atoms with van der Waals surface area (Å²) < 4.78 is 0. The first kappa shape index (κ1) is 19.6. The number of aryl methyl sites for hydroxylation is 2. The third kappa shape index (κ3) is 3.45. The molecule has 2 aromatic heterocycles. The second-order valence-electron chi connectivity index (χ2n) is 7.72. The minimum absolute atomic E-state index is 0.0645. The van der Waals surface area contributed by atoms with E-state index in [1.165, 1.54) is 16.9 Å². The molecule has 0 saturated carbocycles. The van der Waals surface area contributed by atoms with E-state index in [1.807, 2.05) is 38.2 Å². The maximum atomic E-state index is 13.6. The van der Waals surface area contributed by atoms with Crippen LogP contribution >= 0.6 is 11.3 Å². The van der Waals surface area contributed by atoms with Gasteiger partial charge in [-0.2, -0.15) is 0 Å². The summed E-state index contributed by atoms with van der Waals surface area (Å²) in [5.41, 5.74) is 4.68. The van der Waals surface area contributed by atoms with Crippen LogP contribution in [-0.4, -0.2) is 41.0 Å². The van der Waals surface area contributed by atoms with Gasteiger partial charge in [0, 0.05) is 25.7 Å². The number of likely N-dealkylation sites (N-methyl/N-ethyl adjacent to an activating group) is 1. The Morgan fingerprint density at radius 1 is 0.968 bits per heavy atom. The van der Waals surface area contributed by atoms with Gasteiger partial charge in [0.15, 0.2) is 11.6 Å². The van der Waals surface area contributed by atoms with Crippen molar-refractivity contribution in [3.05, 3.63) is 64.7 Å². The van der Waals surface area contributed by atoms with Crippen LogP contribution in [0.5, 0.6) is 0 Å². The van der Waals surface area contributed by atoms with Crippen LogP contribution in [0.4, 0.5) is 11.6 Å². The zero-order valence-corrected chi connectivity index (χ0v) is 18.6. The van der Waals surface area contributed by atoms with Crippen molar-refractivity contribution in [3.8, 4) is 10.6 Å². The molecule has 31 heavy (non-hydrogen) atoms. The van der Waals surface area contributed by atoms with E-state index in [4.69, 9.17) is 15.0 Å². The van der Waals surface area contributed by atoms with Gasteiger partial charge in [-0.1, -0.05) is 43.3 Å². The van der Waals surface area contributed by atoms with Crippen molar-refractivity contribution in [1.29, 1.82) is 0 Å². The standard InChI is InChI=1S/C24H23N5OS/c1-4-16-9-11-17(12-10-16)23-25-15(2)20(31-23)24(30)29-14-13-28(3)21-22(29)27-19-8-6-5-7-18(19)26-21/h5-12H,4,13-14H2,1-3H3. The highest BCUT2D eigenvalue weighted by Gasteiger charge is 2.31. The van der Waals surface area contributed by atoms with Gasteiger partial charge in [-0.05, 0) is 31.0 Å². The van der Waals surface area contributed by atoms with Crippen molar-refractivity contribution in [2.24, 2.45) is 0 Å². The van der Waals surface area contributed by atoms with Crippen molar-refractivity contribution >= 4 is 39.9 Å². The van der Waals surface area contributed by atoms with E-state index in [9.17, 15) is 4.79 Å². The number of para-hydroxylation sites is 2. The third-order valence-electron chi connectivity index (χ3n) is 5.66. The summed E-state index contributed by atoms with van der Waals surface area (Å²) in [5.74, 6) is 1.28. The van der Waals surface area contributed by atoms with Gasteiger partial charge < -0.3 is 4.90 Å². The Morgan fingerprint density at radius 2 is 1.65 bits per heavy atom. The minimum Gasteiger partial charge on any atom is -0.355 e. The molecule has 0 radical (unpaired) electrons. The Hall–Kier alpha value is -3.32. The van der Waals surface area contributed by atoms with Crippen LogP contribution in [0, 0.1) is 6.92 Å². The third-order valence-corrected chi connectivity index (χ3v) is 6.85. The predicted octanol–water partition coefficient (Wildman–Crippen LogP) is 4.72. The van der Waals surface area contributed by atoms with E-state index in [0.29, 0.717) is 23.8 Å². The van der Waals surface area contributed by atoms with Crippen LogP contribution in [-0.2, 0) is 6.42 Å². The number of anilines is 2. The molecule has 3 heterocycles. The maximum Gasteiger partial charge on any atom is 0.271 e. The molecule has 0 N–H and O–H groups in total. The molecule has 0 aliphatic carbocycles. The van der Waals surface area contributed by atoms with Crippen molar-refractivity contribution in [2.75, 3.05) is 29.9 Å².